The van der Waals surface area contributed by atoms with E-state index >= 15 is 0 Å². The van der Waals surface area contributed by atoms with Gasteiger partial charge in [-0.25, -0.2) is 0 Å². The molecule has 0 spiro atoms. The SMILES string of the molecule is OCP(O)(O)(O)CO. The maximum absolute atomic E-state index is 8.34. The van der Waals surface area contributed by atoms with E-state index in [-0.39, 0.29) is 0 Å². The summed E-state index contributed by atoms with van der Waals surface area (Å²) in [5, 5.41) is 16.0. The van der Waals surface area contributed by atoms with Crippen molar-refractivity contribution in [3.8, 4) is 0 Å². The van der Waals surface area contributed by atoms with E-state index in [0.717, 1.165) is 0 Å². The molecule has 0 atom stereocenters. The van der Waals surface area contributed by atoms with Crippen molar-refractivity contribution in [3.05, 3.63) is 0 Å². The summed E-state index contributed by atoms with van der Waals surface area (Å²) in [6, 6.07) is 0. The zero-order valence-electron chi connectivity index (χ0n) is 4.10. The minimum absolute atomic E-state index is 1.19. The molecule has 0 aliphatic carbocycles. The van der Waals surface area contributed by atoms with Gasteiger partial charge >= 0.3 is 44.9 Å². The van der Waals surface area contributed by atoms with Crippen LogP contribution in [-0.4, -0.2) is 37.6 Å². The number of hydrogen-bond donors (Lipinski definition) is 5. The fourth-order valence-electron chi connectivity index (χ4n) is 0.0447. The summed E-state index contributed by atoms with van der Waals surface area (Å²) in [7, 11) is -4.99. The predicted molar refractivity (Wildman–Crippen MR) is 27.7 cm³/mol. The molecule has 52 valence electrons. The van der Waals surface area contributed by atoms with Crippen molar-refractivity contribution in [1.82, 2.24) is 0 Å². The molecule has 8 heavy (non-hydrogen) atoms. The van der Waals surface area contributed by atoms with E-state index in [0.29, 0.717) is 0 Å². The van der Waals surface area contributed by atoms with Crippen molar-refractivity contribution in [2.24, 2.45) is 0 Å². The molecule has 0 aromatic heterocycles. The van der Waals surface area contributed by atoms with Crippen molar-refractivity contribution < 1.29 is 24.9 Å². The van der Waals surface area contributed by atoms with Gasteiger partial charge in [-0.1, -0.05) is 0 Å². The van der Waals surface area contributed by atoms with E-state index in [4.69, 9.17) is 24.9 Å². The van der Waals surface area contributed by atoms with Gasteiger partial charge < -0.3 is 0 Å². The Morgan fingerprint density at radius 2 is 1.12 bits per heavy atom. The first kappa shape index (κ1) is 8.23. The molecule has 0 unspecified atom stereocenters. The second-order valence-electron chi connectivity index (χ2n) is 1.62. The Kier molecular flexibility index (Phi) is 1.93. The molecule has 0 aromatic rings. The van der Waals surface area contributed by atoms with Crippen LogP contribution in [0.3, 0.4) is 0 Å². The first-order valence-corrected chi connectivity index (χ1v) is 4.33. The molecule has 0 amide bonds. The Bertz CT molecular complexity index is 74.2. The number of aliphatic hydroxyl groups is 2. The van der Waals surface area contributed by atoms with Crippen LogP contribution in [-0.2, 0) is 0 Å². The molecule has 0 radical (unpaired) electrons. The van der Waals surface area contributed by atoms with Gasteiger partial charge in [0, 0.05) is 0 Å². The van der Waals surface area contributed by atoms with Crippen LogP contribution in [0.15, 0.2) is 0 Å². The van der Waals surface area contributed by atoms with E-state index in [1.807, 2.05) is 0 Å². The quantitative estimate of drug-likeness (QED) is 0.293. The monoisotopic (exact) mass is 144 g/mol. The van der Waals surface area contributed by atoms with Gasteiger partial charge in [-0.3, -0.25) is 0 Å². The fourth-order valence-corrected chi connectivity index (χ4v) is 0.134. The summed E-state index contributed by atoms with van der Waals surface area (Å²) in [5.74, 6) is 0. The van der Waals surface area contributed by atoms with Gasteiger partial charge in [0.05, 0.1) is 0 Å². The molecule has 5 N–H and O–H groups in total. The summed E-state index contributed by atoms with van der Waals surface area (Å²) < 4.78 is 0. The van der Waals surface area contributed by atoms with E-state index in [9.17, 15) is 0 Å². The minimum atomic E-state index is -4.99. The van der Waals surface area contributed by atoms with Crippen molar-refractivity contribution in [3.63, 3.8) is 0 Å². The van der Waals surface area contributed by atoms with Crippen LogP contribution in [0.25, 0.3) is 0 Å². The van der Waals surface area contributed by atoms with Crippen LogP contribution in [0.2, 0.25) is 0 Å². The van der Waals surface area contributed by atoms with Crippen LogP contribution in [0.5, 0.6) is 0 Å². The van der Waals surface area contributed by atoms with Gasteiger partial charge in [0.15, 0.2) is 0 Å². The van der Waals surface area contributed by atoms with E-state index in [2.05, 4.69) is 0 Å². The maximum atomic E-state index is 8.34. The molecule has 0 fully saturated rings. The molecule has 0 rings (SSSR count). The zero-order valence-corrected chi connectivity index (χ0v) is 4.99. The molecule has 0 bridgehead atoms. The van der Waals surface area contributed by atoms with Crippen molar-refractivity contribution in [2.75, 3.05) is 12.7 Å². The third-order valence-electron chi connectivity index (χ3n) is 0.579. The number of aliphatic hydroxyl groups excluding tert-OH is 2. The Hall–Kier alpha value is 0.230. The average molecular weight is 144 g/mol. The summed E-state index contributed by atoms with van der Waals surface area (Å²) in [6.07, 6.45) is -2.38. The molecule has 0 heterocycles. The van der Waals surface area contributed by atoms with Gasteiger partial charge in [-0.15, -0.1) is 0 Å². The van der Waals surface area contributed by atoms with Crippen molar-refractivity contribution in [2.45, 2.75) is 0 Å². The van der Waals surface area contributed by atoms with E-state index < -0.39 is 20.0 Å². The first-order valence-electron chi connectivity index (χ1n) is 1.86. The van der Waals surface area contributed by atoms with Crippen LogP contribution in [0.4, 0.5) is 0 Å². The third-order valence-corrected chi connectivity index (χ3v) is 1.74. The van der Waals surface area contributed by atoms with Crippen molar-refractivity contribution in [1.29, 1.82) is 0 Å². The van der Waals surface area contributed by atoms with Crippen LogP contribution < -0.4 is 0 Å². The summed E-state index contributed by atoms with van der Waals surface area (Å²) >= 11 is 0. The van der Waals surface area contributed by atoms with E-state index in [1.165, 1.54) is 0 Å². The Morgan fingerprint density at radius 3 is 1.12 bits per heavy atom. The van der Waals surface area contributed by atoms with Gasteiger partial charge in [-0.2, -0.15) is 0 Å². The van der Waals surface area contributed by atoms with Gasteiger partial charge in [0.2, 0.25) is 0 Å². The Morgan fingerprint density at radius 1 is 0.875 bits per heavy atom. The Labute approximate surface area is 46.0 Å². The van der Waals surface area contributed by atoms with Crippen LogP contribution in [0.1, 0.15) is 0 Å². The van der Waals surface area contributed by atoms with Crippen LogP contribution in [0, 0.1) is 0 Å². The summed E-state index contributed by atoms with van der Waals surface area (Å²) in [5.41, 5.74) is 0. The molecule has 5 nitrogen and oxygen atoms in total. The predicted octanol–water partition coefficient (Wildman–Crippen LogP) is -1.84. The fraction of sp³-hybridized carbons (Fsp3) is 1.00. The normalized spacial score (nSPS) is 17.4. The molecular formula is C2H9O5P. The summed E-state index contributed by atoms with van der Waals surface area (Å²) in [4.78, 5) is 25.0. The third kappa shape index (κ3) is 2.52. The first-order chi connectivity index (χ1) is 3.39. The zero-order chi connectivity index (χ0) is 6.86. The molecule has 0 aromatic carbocycles. The summed E-state index contributed by atoms with van der Waals surface area (Å²) in [6.45, 7) is 0. The Balaban J connectivity index is 3.99. The van der Waals surface area contributed by atoms with Gasteiger partial charge in [0.1, 0.15) is 0 Å². The number of rotatable bonds is 2. The topological polar surface area (TPSA) is 101 Å². The van der Waals surface area contributed by atoms with E-state index in [1.54, 1.807) is 0 Å². The molecule has 0 aliphatic rings. The molecule has 0 saturated heterocycles. The average Bonchev–Trinajstić information content (AvgIpc) is 1.68. The molecule has 0 aliphatic heterocycles. The molecular weight excluding hydrogens is 135 g/mol. The molecule has 6 heteroatoms. The second-order valence-corrected chi connectivity index (χ2v) is 4.87. The standard InChI is InChI=1S/C2H9O5P/c3-1-8(5,6,7)2-4/h3-7H,1-2H2. The van der Waals surface area contributed by atoms with Gasteiger partial charge in [-0.05, 0) is 0 Å². The second kappa shape index (κ2) is 1.88. The van der Waals surface area contributed by atoms with Crippen LogP contribution >= 0.6 is 7.28 Å². The van der Waals surface area contributed by atoms with Gasteiger partial charge in [0.25, 0.3) is 0 Å². The number of hydrogen-bond acceptors (Lipinski definition) is 5. The van der Waals surface area contributed by atoms with Crippen molar-refractivity contribution >= 4 is 7.28 Å². The molecule has 0 saturated carbocycles.